The Bertz CT molecular complexity index is 1990. The van der Waals surface area contributed by atoms with Crippen molar-refractivity contribution in [2.45, 2.75) is 169 Å². The highest BCUT2D eigenvalue weighted by Crippen LogP contribution is 2.37. The van der Waals surface area contributed by atoms with E-state index in [-0.39, 0.29) is 62.6 Å². The number of aromatic nitrogens is 1. The number of rotatable bonds is 14. The van der Waals surface area contributed by atoms with Crippen molar-refractivity contribution in [3.63, 3.8) is 0 Å². The summed E-state index contributed by atoms with van der Waals surface area (Å²) in [7, 11) is 1.82. The predicted octanol–water partition coefficient (Wildman–Crippen LogP) is 5.48. The standard InChI is InChI=1S/C49H76N2O14/c1-14-39-49(12,58)45(62-27-52)33(9)50(13)24-28(4)23-48(11,57)44(54)31(7)43(32(8)46(55)64-39)65-40-21-29(5)42(34(10)63-40)61-20-19-59-26-30(6)35-17-18-38-36(22-35)41(53)37(25-51(38)15-2)47(56)60-16-3/h17-18,22,25-29,31-34,39-40,42-45,54,57-58H,14-16,19-21,23-24H2,1-13H3/b30-26+/t28-,29?,31+,32-,33-,34+,39-,40+,42-,43+,44-,45-,48-,49-/m1/s1. The Labute approximate surface area is 384 Å². The first-order chi connectivity index (χ1) is 30.5. The predicted molar refractivity (Wildman–Crippen MR) is 245 cm³/mol. The third-order valence-corrected chi connectivity index (χ3v) is 13.5. The molecular formula is C49H76N2O14. The van der Waals surface area contributed by atoms with Crippen LogP contribution in [0.1, 0.15) is 118 Å². The molecule has 14 atom stereocenters. The van der Waals surface area contributed by atoms with Gasteiger partial charge < -0.3 is 53.0 Å². The van der Waals surface area contributed by atoms with E-state index >= 15 is 0 Å². The molecule has 366 valence electrons. The van der Waals surface area contributed by atoms with E-state index in [0.29, 0.717) is 30.4 Å². The van der Waals surface area contributed by atoms with Crippen molar-refractivity contribution in [3.8, 4) is 0 Å². The second kappa shape index (κ2) is 23.2. The van der Waals surface area contributed by atoms with Crippen LogP contribution < -0.4 is 5.43 Å². The first-order valence-electron chi connectivity index (χ1n) is 23.2. The number of aliphatic hydroxyl groups excluding tert-OH is 1. The van der Waals surface area contributed by atoms with Gasteiger partial charge in [0, 0.05) is 43.1 Å². The van der Waals surface area contributed by atoms with E-state index < -0.39 is 83.3 Å². The summed E-state index contributed by atoms with van der Waals surface area (Å²) in [4.78, 5) is 53.6. The molecular weight excluding hydrogens is 841 g/mol. The molecule has 2 aliphatic rings. The molecule has 0 bridgehead atoms. The van der Waals surface area contributed by atoms with Gasteiger partial charge in [-0.05, 0) is 110 Å². The lowest BCUT2D eigenvalue weighted by atomic mass is 9.78. The number of hydrogen-bond acceptors (Lipinski definition) is 15. The van der Waals surface area contributed by atoms with Gasteiger partial charge in [-0.15, -0.1) is 0 Å². The van der Waals surface area contributed by atoms with Crippen LogP contribution in [-0.2, 0) is 49.3 Å². The minimum absolute atomic E-state index is 0.0116. The number of benzene rings is 1. The van der Waals surface area contributed by atoms with Crippen LogP contribution in [0.5, 0.6) is 0 Å². The quantitative estimate of drug-likeness (QED) is 0.0707. The number of fused-ring (bicyclic) bond motifs is 1. The fourth-order valence-corrected chi connectivity index (χ4v) is 9.78. The van der Waals surface area contributed by atoms with E-state index in [9.17, 15) is 34.5 Å². The number of cyclic esters (lactones) is 1. The van der Waals surface area contributed by atoms with E-state index in [0.717, 1.165) is 11.1 Å². The van der Waals surface area contributed by atoms with Gasteiger partial charge >= 0.3 is 11.9 Å². The van der Waals surface area contributed by atoms with E-state index in [1.54, 1.807) is 53.1 Å². The number of allylic oxidation sites excluding steroid dienone is 1. The molecule has 3 N–H and O–H groups in total. The Morgan fingerprint density at radius 3 is 2.32 bits per heavy atom. The maximum absolute atomic E-state index is 14.1. The summed E-state index contributed by atoms with van der Waals surface area (Å²) in [5, 5.41) is 35.9. The van der Waals surface area contributed by atoms with Gasteiger partial charge in [-0.1, -0.05) is 33.8 Å². The fraction of sp³-hybridized carbons (Fsp3) is 0.714. The zero-order valence-electron chi connectivity index (χ0n) is 40.8. The average molecular weight is 917 g/mol. The van der Waals surface area contributed by atoms with Gasteiger partial charge in [-0.2, -0.15) is 0 Å². The van der Waals surface area contributed by atoms with Crippen LogP contribution in [0.2, 0.25) is 0 Å². The van der Waals surface area contributed by atoms with Crippen LogP contribution in [0.4, 0.5) is 0 Å². The molecule has 2 aliphatic heterocycles. The summed E-state index contributed by atoms with van der Waals surface area (Å²) >= 11 is 0. The molecule has 0 amide bonds. The van der Waals surface area contributed by atoms with Gasteiger partial charge in [0.2, 0.25) is 5.43 Å². The summed E-state index contributed by atoms with van der Waals surface area (Å²) < 4.78 is 43.6. The highest BCUT2D eigenvalue weighted by atomic mass is 16.7. The minimum Gasteiger partial charge on any atom is -0.498 e. The normalized spacial score (nSPS) is 34.8. The van der Waals surface area contributed by atoms with Crippen molar-refractivity contribution in [2.24, 2.45) is 23.7 Å². The second-order valence-electron chi connectivity index (χ2n) is 18.9. The van der Waals surface area contributed by atoms with Crippen LogP contribution >= 0.6 is 0 Å². The van der Waals surface area contributed by atoms with Gasteiger partial charge in [0.15, 0.2) is 6.29 Å². The number of carbonyl (C=O) groups excluding carboxylic acids is 3. The lowest BCUT2D eigenvalue weighted by Crippen LogP contribution is -2.60. The lowest BCUT2D eigenvalue weighted by molar-refractivity contribution is -0.273. The Morgan fingerprint density at radius 2 is 1.71 bits per heavy atom. The number of esters is 2. The molecule has 0 spiro atoms. The Kier molecular flexibility index (Phi) is 19.2. The molecule has 1 unspecified atom stereocenters. The summed E-state index contributed by atoms with van der Waals surface area (Å²) in [5.41, 5.74) is -1.53. The molecule has 2 saturated heterocycles. The van der Waals surface area contributed by atoms with E-state index in [4.69, 9.17) is 33.2 Å². The third-order valence-electron chi connectivity index (χ3n) is 13.5. The number of aryl methyl sites for hydroxylation is 1. The van der Waals surface area contributed by atoms with Crippen molar-refractivity contribution >= 4 is 34.9 Å². The van der Waals surface area contributed by atoms with Crippen molar-refractivity contribution in [2.75, 3.05) is 33.4 Å². The number of ether oxygens (including phenoxy) is 7. The second-order valence-corrected chi connectivity index (χ2v) is 18.9. The molecule has 16 nitrogen and oxygen atoms in total. The molecule has 1 aromatic heterocycles. The zero-order valence-corrected chi connectivity index (χ0v) is 40.8. The number of aliphatic hydroxyl groups is 3. The maximum Gasteiger partial charge on any atom is 0.343 e. The van der Waals surface area contributed by atoms with Crippen molar-refractivity contribution in [1.82, 2.24) is 9.47 Å². The summed E-state index contributed by atoms with van der Waals surface area (Å²) in [6, 6.07) is 5.01. The van der Waals surface area contributed by atoms with E-state index in [1.165, 1.54) is 6.92 Å². The van der Waals surface area contributed by atoms with E-state index in [1.807, 2.05) is 70.2 Å². The fourth-order valence-electron chi connectivity index (χ4n) is 9.78. The molecule has 1 aromatic carbocycles. The number of nitrogens with zero attached hydrogens (tertiary/aromatic N) is 2. The Morgan fingerprint density at radius 1 is 1.02 bits per heavy atom. The van der Waals surface area contributed by atoms with Crippen LogP contribution in [-0.4, -0.2) is 137 Å². The van der Waals surface area contributed by atoms with Gasteiger partial charge in [0.05, 0.1) is 60.9 Å². The van der Waals surface area contributed by atoms with Gasteiger partial charge in [0.25, 0.3) is 6.47 Å². The summed E-state index contributed by atoms with van der Waals surface area (Å²) in [5.74, 6) is -3.32. The molecule has 0 radical (unpaired) electrons. The highest BCUT2D eigenvalue weighted by Gasteiger charge is 2.50. The van der Waals surface area contributed by atoms with Crippen LogP contribution in [0.15, 0.2) is 35.5 Å². The summed E-state index contributed by atoms with van der Waals surface area (Å²) in [6.07, 6.45) is -2.04. The molecule has 16 heteroatoms. The van der Waals surface area contributed by atoms with E-state index in [2.05, 4.69) is 0 Å². The van der Waals surface area contributed by atoms with Crippen molar-refractivity contribution in [3.05, 3.63) is 52.0 Å². The molecule has 2 fully saturated rings. The lowest BCUT2D eigenvalue weighted by Gasteiger charge is -2.44. The maximum atomic E-state index is 14.1. The van der Waals surface area contributed by atoms with Gasteiger partial charge in [-0.25, -0.2) is 4.79 Å². The van der Waals surface area contributed by atoms with Crippen LogP contribution in [0.25, 0.3) is 16.5 Å². The number of pyridine rings is 1. The number of carbonyl (C=O) groups is 3. The van der Waals surface area contributed by atoms with Crippen LogP contribution in [0, 0.1) is 23.7 Å². The van der Waals surface area contributed by atoms with Gasteiger partial charge in [0.1, 0.15) is 30.0 Å². The largest absolute Gasteiger partial charge is 0.498 e. The zero-order chi connectivity index (χ0) is 48.6. The number of hydrogen-bond donors (Lipinski definition) is 3. The molecule has 0 saturated carbocycles. The average Bonchev–Trinajstić information content (AvgIpc) is 3.25. The molecule has 3 heterocycles. The minimum atomic E-state index is -1.78. The Hall–Kier alpha value is -3.90. The molecule has 2 aromatic rings. The third kappa shape index (κ3) is 12.8. The summed E-state index contributed by atoms with van der Waals surface area (Å²) in [6.45, 7) is 23.3. The first-order valence-corrected chi connectivity index (χ1v) is 23.2. The SMILES string of the molecule is CCOC(=O)c1cn(CC)c2ccc(/C(C)=C/OCCO[C@@H]3C(C)C[C@H](O[C@H]4[C@H](C)[C@@H](O)[C@](C)(O)C[C@@H](C)CN(C)[C@H](C)[C@@H](OC=O)[C@](C)(O)[C@@H](CC)OC(=O)[C@@H]4C)O[C@H]3C)cc2c1=O. The van der Waals surface area contributed by atoms with Crippen molar-refractivity contribution in [1.29, 1.82) is 0 Å². The van der Waals surface area contributed by atoms with Crippen LogP contribution in [0.3, 0.4) is 0 Å². The topological polar surface area (TPSA) is 202 Å². The molecule has 0 aliphatic carbocycles. The van der Waals surface area contributed by atoms with Crippen molar-refractivity contribution < 1.29 is 62.9 Å². The molecule has 65 heavy (non-hydrogen) atoms. The van der Waals surface area contributed by atoms with Gasteiger partial charge in [-0.3, -0.25) is 19.3 Å². The molecule has 4 rings (SSSR count). The Balaban J connectivity index is 1.46. The highest BCUT2D eigenvalue weighted by molar-refractivity contribution is 5.94. The smallest absolute Gasteiger partial charge is 0.343 e. The monoisotopic (exact) mass is 917 g/mol. The first kappa shape index (κ1) is 53.7. The number of likely N-dealkylation sites (N-methyl/N-ethyl adjacent to an activating group) is 1.